The summed E-state index contributed by atoms with van der Waals surface area (Å²) in [6.07, 6.45) is 0.897. The Morgan fingerprint density at radius 3 is 2.16 bits per heavy atom. The van der Waals surface area contributed by atoms with E-state index in [2.05, 4.69) is 5.32 Å². The van der Waals surface area contributed by atoms with Gasteiger partial charge in [0.2, 0.25) is 5.75 Å². The molecule has 0 aliphatic carbocycles. The normalized spacial score (nSPS) is 9.68. The quantitative estimate of drug-likeness (QED) is 0.507. The van der Waals surface area contributed by atoms with Crippen molar-refractivity contribution in [2.24, 2.45) is 0 Å². The summed E-state index contributed by atoms with van der Waals surface area (Å²) in [4.78, 5) is 0. The third-order valence-corrected chi connectivity index (χ3v) is 2.54. The van der Waals surface area contributed by atoms with Gasteiger partial charge in [-0.3, -0.25) is 0 Å². The largest absolute Gasteiger partial charge is 1.00 e. The van der Waals surface area contributed by atoms with Gasteiger partial charge in [-0.15, -0.1) is 6.54 Å². The molecule has 0 heterocycles. The van der Waals surface area contributed by atoms with Crippen molar-refractivity contribution >= 4 is 0 Å². The van der Waals surface area contributed by atoms with Crippen molar-refractivity contribution in [1.82, 2.24) is 0 Å². The van der Waals surface area contributed by atoms with Crippen LogP contribution in [0.5, 0.6) is 17.2 Å². The van der Waals surface area contributed by atoms with Crippen molar-refractivity contribution in [2.45, 2.75) is 20.3 Å². The first kappa shape index (κ1) is 19.2. The molecule has 0 saturated carbocycles. The third-order valence-electron chi connectivity index (χ3n) is 2.54. The maximum Gasteiger partial charge on any atom is 1.00 e. The minimum absolute atomic E-state index is 0. The van der Waals surface area contributed by atoms with E-state index in [1.165, 1.54) is 0 Å². The summed E-state index contributed by atoms with van der Waals surface area (Å²) < 4.78 is 16.4. The molecular formula is C14H22KNO3. The van der Waals surface area contributed by atoms with Gasteiger partial charge in [0.05, 0.1) is 20.8 Å². The molecule has 0 aromatic heterocycles. The molecule has 0 fully saturated rings. The number of hydrogen-bond acceptors (Lipinski definition) is 3. The molecule has 0 N–H and O–H groups in total. The molecule has 0 saturated heterocycles. The number of ether oxygens (including phenoxy) is 3. The molecule has 0 atom stereocenters. The molecule has 5 heteroatoms. The van der Waals surface area contributed by atoms with Crippen molar-refractivity contribution in [3.8, 4) is 17.2 Å². The fraction of sp³-hybridized carbons (Fsp3) is 0.571. The molecule has 19 heavy (non-hydrogen) atoms. The van der Waals surface area contributed by atoms with Gasteiger partial charge in [-0.2, -0.15) is 6.54 Å². The molecule has 0 radical (unpaired) electrons. The summed E-state index contributed by atoms with van der Waals surface area (Å²) in [7, 11) is 3.26. The van der Waals surface area contributed by atoms with E-state index in [0.29, 0.717) is 23.9 Å². The van der Waals surface area contributed by atoms with Gasteiger partial charge in [0.15, 0.2) is 11.5 Å². The van der Waals surface area contributed by atoms with E-state index >= 15 is 0 Å². The Labute approximate surface area is 158 Å². The Bertz CT molecular complexity index is 347. The minimum atomic E-state index is 0. The van der Waals surface area contributed by atoms with Crippen LogP contribution >= 0.6 is 0 Å². The average Bonchev–Trinajstić information content (AvgIpc) is 2.39. The Kier molecular flexibility index (Phi) is 11.1. The molecule has 0 spiro atoms. The smallest absolute Gasteiger partial charge is 0.662 e. The van der Waals surface area contributed by atoms with E-state index in [1.807, 2.05) is 26.0 Å². The van der Waals surface area contributed by atoms with Crippen LogP contribution in [-0.2, 0) is 0 Å². The molecule has 1 aromatic carbocycles. The van der Waals surface area contributed by atoms with Crippen molar-refractivity contribution in [1.29, 1.82) is 0 Å². The van der Waals surface area contributed by atoms with Crippen molar-refractivity contribution in [3.05, 3.63) is 23.0 Å². The second-order valence-electron chi connectivity index (χ2n) is 3.96. The monoisotopic (exact) mass is 291 g/mol. The second kappa shape index (κ2) is 10.9. The summed E-state index contributed by atoms with van der Waals surface area (Å²) in [5.41, 5.74) is 1.08. The van der Waals surface area contributed by atoms with Crippen LogP contribution < -0.4 is 65.6 Å². The average molecular weight is 291 g/mol. The van der Waals surface area contributed by atoms with Crippen LogP contribution in [0.4, 0.5) is 0 Å². The summed E-state index contributed by atoms with van der Waals surface area (Å²) >= 11 is 0. The minimum Gasteiger partial charge on any atom is -0.662 e. The van der Waals surface area contributed by atoms with Gasteiger partial charge in [-0.05, 0) is 31.0 Å². The van der Waals surface area contributed by atoms with E-state index in [4.69, 9.17) is 14.2 Å². The van der Waals surface area contributed by atoms with Crippen LogP contribution in [-0.4, -0.2) is 33.9 Å². The van der Waals surface area contributed by atoms with Gasteiger partial charge in [0.25, 0.3) is 0 Å². The Morgan fingerprint density at radius 2 is 1.68 bits per heavy atom. The maximum absolute atomic E-state index is 5.74. The molecule has 1 rings (SSSR count). The second-order valence-corrected chi connectivity index (χ2v) is 3.96. The summed E-state index contributed by atoms with van der Waals surface area (Å²) in [5.74, 6) is 2.08. The van der Waals surface area contributed by atoms with Gasteiger partial charge >= 0.3 is 51.4 Å². The van der Waals surface area contributed by atoms with Crippen LogP contribution in [0.15, 0.2) is 12.1 Å². The number of aryl methyl sites for hydroxylation is 1. The Balaban J connectivity index is 0.00000324. The fourth-order valence-corrected chi connectivity index (χ4v) is 1.66. The van der Waals surface area contributed by atoms with Crippen molar-refractivity contribution < 1.29 is 65.6 Å². The number of hydrogen-bond donors (Lipinski definition) is 0. The van der Waals surface area contributed by atoms with E-state index in [9.17, 15) is 0 Å². The summed E-state index contributed by atoms with van der Waals surface area (Å²) in [6.45, 7) is 6.32. The Morgan fingerprint density at radius 1 is 1.11 bits per heavy atom. The van der Waals surface area contributed by atoms with Gasteiger partial charge in [-0.1, -0.05) is 6.92 Å². The van der Waals surface area contributed by atoms with Crippen molar-refractivity contribution in [3.63, 3.8) is 0 Å². The first-order valence-electron chi connectivity index (χ1n) is 6.21. The van der Waals surface area contributed by atoms with Gasteiger partial charge in [-0.25, -0.2) is 0 Å². The molecule has 0 bridgehead atoms. The topological polar surface area (TPSA) is 41.8 Å². The number of benzene rings is 1. The van der Waals surface area contributed by atoms with Crippen LogP contribution in [0, 0.1) is 6.92 Å². The van der Waals surface area contributed by atoms with E-state index in [-0.39, 0.29) is 51.4 Å². The molecular weight excluding hydrogens is 269 g/mol. The van der Waals surface area contributed by atoms with Crippen molar-refractivity contribution in [2.75, 3.05) is 33.9 Å². The zero-order valence-corrected chi connectivity index (χ0v) is 15.8. The fourth-order valence-electron chi connectivity index (χ4n) is 1.66. The van der Waals surface area contributed by atoms with Crippen LogP contribution in [0.3, 0.4) is 0 Å². The first-order chi connectivity index (χ1) is 8.72. The standard InChI is InChI=1S/C14H22NO3.K/c1-5-15-7-6-8-18-14-12(16-3)9-11(2)10-13(14)17-4;/h9-10H,5-8H2,1-4H3;/q-1;+1. The van der Waals surface area contributed by atoms with Crippen LogP contribution in [0.2, 0.25) is 0 Å². The van der Waals surface area contributed by atoms with Gasteiger partial charge in [0, 0.05) is 0 Å². The van der Waals surface area contributed by atoms with E-state index in [1.54, 1.807) is 14.2 Å². The number of rotatable bonds is 8. The number of nitrogens with zero attached hydrogens (tertiary/aromatic N) is 1. The van der Waals surface area contributed by atoms with Gasteiger partial charge in [0.1, 0.15) is 0 Å². The molecule has 0 amide bonds. The third kappa shape index (κ3) is 6.47. The summed E-state index contributed by atoms with van der Waals surface area (Å²) in [5, 5.41) is 4.26. The molecule has 102 valence electrons. The molecule has 0 unspecified atom stereocenters. The van der Waals surface area contributed by atoms with E-state index in [0.717, 1.165) is 25.1 Å². The molecule has 1 aromatic rings. The predicted molar refractivity (Wildman–Crippen MR) is 73.2 cm³/mol. The predicted octanol–water partition coefficient (Wildman–Crippen LogP) is 0.179. The van der Waals surface area contributed by atoms with Crippen LogP contribution in [0.25, 0.3) is 5.32 Å². The SMILES string of the molecule is CC[N-]CCCOc1c(OC)cc(C)cc1OC.[K+]. The molecule has 0 aliphatic rings. The summed E-state index contributed by atoms with van der Waals surface area (Å²) in [6, 6.07) is 3.88. The zero-order chi connectivity index (χ0) is 13.4. The zero-order valence-electron chi connectivity index (χ0n) is 12.7. The first-order valence-corrected chi connectivity index (χ1v) is 6.21. The maximum atomic E-state index is 5.74. The molecule has 0 aliphatic heterocycles. The number of methoxy groups -OCH3 is 2. The molecule has 4 nitrogen and oxygen atoms in total. The van der Waals surface area contributed by atoms with E-state index < -0.39 is 0 Å². The van der Waals surface area contributed by atoms with Gasteiger partial charge < -0.3 is 19.5 Å². The van der Waals surface area contributed by atoms with Crippen LogP contribution in [0.1, 0.15) is 18.9 Å². The Hall–Kier alpha value is 0.216.